The van der Waals surface area contributed by atoms with Gasteiger partial charge in [-0.3, -0.25) is 0 Å². The molecule has 0 aliphatic carbocycles. The third-order valence-corrected chi connectivity index (χ3v) is 4.44. The molecule has 1 fully saturated rings. The number of nitrogens with zero attached hydrogens (tertiary/aromatic N) is 4. The normalized spacial score (nSPS) is 16.1. The van der Waals surface area contributed by atoms with Crippen LogP contribution in [0.4, 0.5) is 5.82 Å². The van der Waals surface area contributed by atoms with Crippen molar-refractivity contribution >= 4 is 16.7 Å². The zero-order valence-electron chi connectivity index (χ0n) is 12.8. The van der Waals surface area contributed by atoms with Gasteiger partial charge in [0.15, 0.2) is 0 Å². The fraction of sp³-hybridized carbons (Fsp3) is 0.375. The first kappa shape index (κ1) is 13.9. The molecule has 1 aliphatic heterocycles. The molecular weight excluding hydrogens is 294 g/mol. The standard InChI is InChI=1S/C16H17N5O2/c1-10-3-2-4-12-13(10)17-9-18-14(12)21-7-5-11(6-8-21)15-19-20-16(22)23-15/h2-4,9,11H,5-8H2,1H3,(H,20,22). The Morgan fingerprint density at radius 1 is 1.26 bits per heavy atom. The van der Waals surface area contributed by atoms with Crippen LogP contribution in [0.5, 0.6) is 0 Å². The zero-order chi connectivity index (χ0) is 15.8. The molecule has 0 amide bonds. The van der Waals surface area contributed by atoms with Crippen molar-refractivity contribution in [1.29, 1.82) is 0 Å². The van der Waals surface area contributed by atoms with Crippen LogP contribution in [-0.2, 0) is 0 Å². The first-order valence-electron chi connectivity index (χ1n) is 7.73. The number of anilines is 1. The number of nitrogens with one attached hydrogen (secondary N) is 1. The largest absolute Gasteiger partial charge is 0.434 e. The highest BCUT2D eigenvalue weighted by Gasteiger charge is 2.26. The van der Waals surface area contributed by atoms with Crippen LogP contribution in [-0.4, -0.2) is 33.3 Å². The van der Waals surface area contributed by atoms with Gasteiger partial charge < -0.3 is 9.32 Å². The average Bonchev–Trinajstić information content (AvgIpc) is 3.02. The Labute approximate surface area is 132 Å². The van der Waals surface area contributed by atoms with Crippen LogP contribution in [0, 0.1) is 6.92 Å². The van der Waals surface area contributed by atoms with Gasteiger partial charge in [-0.05, 0) is 31.4 Å². The minimum absolute atomic E-state index is 0.181. The Morgan fingerprint density at radius 2 is 2.09 bits per heavy atom. The van der Waals surface area contributed by atoms with E-state index in [-0.39, 0.29) is 5.92 Å². The summed E-state index contributed by atoms with van der Waals surface area (Å²) in [6, 6.07) is 6.16. The molecule has 0 unspecified atom stereocenters. The summed E-state index contributed by atoms with van der Waals surface area (Å²) >= 11 is 0. The number of hydrogen-bond acceptors (Lipinski definition) is 6. The first-order chi connectivity index (χ1) is 11.2. The Morgan fingerprint density at radius 3 is 2.83 bits per heavy atom. The van der Waals surface area contributed by atoms with Gasteiger partial charge in [0.2, 0.25) is 5.89 Å². The quantitative estimate of drug-likeness (QED) is 0.779. The van der Waals surface area contributed by atoms with Crippen molar-refractivity contribution in [2.24, 2.45) is 0 Å². The predicted molar refractivity (Wildman–Crippen MR) is 85.6 cm³/mol. The summed E-state index contributed by atoms with van der Waals surface area (Å²) in [4.78, 5) is 22.2. The highest BCUT2D eigenvalue weighted by Crippen LogP contribution is 2.31. The average molecular weight is 311 g/mol. The molecule has 7 heteroatoms. The molecule has 1 N–H and O–H groups in total. The number of piperidine rings is 1. The van der Waals surface area contributed by atoms with E-state index in [1.165, 1.54) is 0 Å². The van der Waals surface area contributed by atoms with E-state index in [0.29, 0.717) is 5.89 Å². The monoisotopic (exact) mass is 311 g/mol. The molecule has 0 radical (unpaired) electrons. The number of rotatable bonds is 2. The van der Waals surface area contributed by atoms with E-state index in [0.717, 1.165) is 48.2 Å². The van der Waals surface area contributed by atoms with E-state index in [4.69, 9.17) is 4.42 Å². The van der Waals surface area contributed by atoms with Crippen molar-refractivity contribution in [1.82, 2.24) is 20.2 Å². The number of aromatic amines is 1. The van der Waals surface area contributed by atoms with Crippen molar-refractivity contribution in [2.75, 3.05) is 18.0 Å². The molecule has 7 nitrogen and oxygen atoms in total. The molecule has 0 saturated carbocycles. The third kappa shape index (κ3) is 2.48. The minimum atomic E-state index is -0.486. The van der Waals surface area contributed by atoms with Crippen LogP contribution in [0.2, 0.25) is 0 Å². The first-order valence-corrected chi connectivity index (χ1v) is 7.73. The lowest BCUT2D eigenvalue weighted by molar-refractivity contribution is 0.379. The summed E-state index contributed by atoms with van der Waals surface area (Å²) in [5.41, 5.74) is 2.15. The highest BCUT2D eigenvalue weighted by molar-refractivity contribution is 5.91. The van der Waals surface area contributed by atoms with E-state index in [2.05, 4.69) is 44.1 Å². The van der Waals surface area contributed by atoms with Crippen molar-refractivity contribution in [2.45, 2.75) is 25.7 Å². The highest BCUT2D eigenvalue weighted by atomic mass is 16.4. The second kappa shape index (κ2) is 5.49. The lowest BCUT2D eigenvalue weighted by Gasteiger charge is -2.31. The fourth-order valence-corrected chi connectivity index (χ4v) is 3.23. The van der Waals surface area contributed by atoms with Crippen LogP contribution in [0.25, 0.3) is 10.9 Å². The second-order valence-electron chi connectivity index (χ2n) is 5.88. The van der Waals surface area contributed by atoms with Crippen molar-refractivity contribution in [3.05, 3.63) is 46.5 Å². The molecule has 23 heavy (non-hydrogen) atoms. The smallest absolute Gasteiger partial charge is 0.392 e. The van der Waals surface area contributed by atoms with Gasteiger partial charge in [0.05, 0.1) is 5.52 Å². The van der Waals surface area contributed by atoms with Crippen LogP contribution in [0.3, 0.4) is 0 Å². The number of para-hydroxylation sites is 1. The molecule has 4 rings (SSSR count). The summed E-state index contributed by atoms with van der Waals surface area (Å²) in [6.07, 6.45) is 3.39. The topological polar surface area (TPSA) is 87.9 Å². The Hall–Kier alpha value is -2.70. The van der Waals surface area contributed by atoms with Crippen LogP contribution >= 0.6 is 0 Å². The Kier molecular flexibility index (Phi) is 3.33. The number of H-pyrrole nitrogens is 1. The van der Waals surface area contributed by atoms with E-state index in [1.807, 2.05) is 6.07 Å². The van der Waals surface area contributed by atoms with Gasteiger partial charge in [0.1, 0.15) is 12.1 Å². The predicted octanol–water partition coefficient (Wildman–Crippen LogP) is 2.00. The molecule has 1 saturated heterocycles. The van der Waals surface area contributed by atoms with Gasteiger partial charge in [-0.25, -0.2) is 19.9 Å². The molecule has 1 aliphatic rings. The molecule has 0 atom stereocenters. The lowest BCUT2D eigenvalue weighted by Crippen LogP contribution is -2.33. The van der Waals surface area contributed by atoms with Crippen LogP contribution < -0.4 is 10.7 Å². The summed E-state index contributed by atoms with van der Waals surface area (Å²) < 4.78 is 5.08. The molecule has 1 aromatic carbocycles. The molecule has 0 bridgehead atoms. The van der Waals surface area contributed by atoms with Gasteiger partial charge in [-0.1, -0.05) is 12.1 Å². The zero-order valence-corrected chi connectivity index (χ0v) is 12.8. The SMILES string of the molecule is Cc1cccc2c(N3CCC(c4n[nH]c(=O)o4)CC3)ncnc12. The van der Waals surface area contributed by atoms with E-state index in [1.54, 1.807) is 6.33 Å². The van der Waals surface area contributed by atoms with Gasteiger partial charge in [-0.2, -0.15) is 0 Å². The second-order valence-corrected chi connectivity index (χ2v) is 5.88. The van der Waals surface area contributed by atoms with Crippen LogP contribution in [0.15, 0.2) is 33.7 Å². The minimum Gasteiger partial charge on any atom is -0.392 e. The van der Waals surface area contributed by atoms with Crippen molar-refractivity contribution in [3.8, 4) is 0 Å². The van der Waals surface area contributed by atoms with Crippen LogP contribution in [0.1, 0.15) is 30.2 Å². The summed E-state index contributed by atoms with van der Waals surface area (Å²) in [5.74, 6) is 1.18. The van der Waals surface area contributed by atoms with Crippen molar-refractivity contribution < 1.29 is 4.42 Å². The van der Waals surface area contributed by atoms with E-state index in [9.17, 15) is 4.79 Å². The van der Waals surface area contributed by atoms with Gasteiger partial charge in [0.25, 0.3) is 0 Å². The Balaban J connectivity index is 1.59. The van der Waals surface area contributed by atoms with E-state index < -0.39 is 5.76 Å². The summed E-state index contributed by atoms with van der Waals surface area (Å²) in [6.45, 7) is 3.76. The molecular formula is C16H17N5O2. The van der Waals surface area contributed by atoms with Gasteiger partial charge in [-0.15, -0.1) is 5.10 Å². The third-order valence-electron chi connectivity index (χ3n) is 4.44. The summed E-state index contributed by atoms with van der Waals surface area (Å²) in [7, 11) is 0. The number of hydrogen-bond donors (Lipinski definition) is 1. The van der Waals surface area contributed by atoms with Crippen molar-refractivity contribution in [3.63, 3.8) is 0 Å². The molecule has 2 aromatic heterocycles. The fourth-order valence-electron chi connectivity index (χ4n) is 3.23. The van der Waals surface area contributed by atoms with E-state index >= 15 is 0 Å². The maximum Gasteiger partial charge on any atom is 0.434 e. The lowest BCUT2D eigenvalue weighted by atomic mass is 9.96. The molecule has 3 heterocycles. The summed E-state index contributed by atoms with van der Waals surface area (Å²) in [5, 5.41) is 7.36. The molecule has 118 valence electrons. The molecule has 3 aromatic rings. The molecule has 0 spiro atoms. The maximum atomic E-state index is 11.1. The maximum absolute atomic E-state index is 11.1. The number of benzene rings is 1. The van der Waals surface area contributed by atoms with Gasteiger partial charge >= 0.3 is 5.76 Å². The number of aryl methyl sites for hydroxylation is 1. The number of fused-ring (bicyclic) bond motifs is 1. The number of aromatic nitrogens is 4. The van der Waals surface area contributed by atoms with Gasteiger partial charge in [0, 0.05) is 24.4 Å². The Bertz CT molecular complexity index is 893.